The van der Waals surface area contributed by atoms with E-state index in [0.717, 1.165) is 16.8 Å². The monoisotopic (exact) mass is 408 g/mol. The molecule has 0 N–H and O–H groups in total. The maximum atomic E-state index is 13.6. The van der Waals surface area contributed by atoms with Crippen LogP contribution in [0.15, 0.2) is 78.0 Å². The molecule has 1 aromatic carbocycles. The second-order valence-electron chi connectivity index (χ2n) is 6.55. The van der Waals surface area contributed by atoms with Gasteiger partial charge in [-0.3, -0.25) is 4.98 Å². The number of benzene rings is 1. The van der Waals surface area contributed by atoms with Crippen LogP contribution in [0.2, 0.25) is 0 Å². The Kier molecular flexibility index (Phi) is 4.94. The molecular weight excluding hydrogens is 388 g/mol. The zero-order valence-electron chi connectivity index (χ0n) is 16.1. The molecule has 3 aromatic heterocycles. The summed E-state index contributed by atoms with van der Waals surface area (Å²) in [5, 5.41) is 4.49. The number of sulfonamides is 1. The number of pyridine rings is 2. The fraction of sp³-hybridized carbons (Fsp3) is 0.143. The SMILES string of the molecule is COc1ccc(S(=O)(=O)N(Cc2cccnc2)c2cccc3cc(C)nn23)cc1. The van der Waals surface area contributed by atoms with Crippen LogP contribution in [0.1, 0.15) is 11.3 Å². The lowest BCUT2D eigenvalue weighted by molar-refractivity contribution is 0.414. The van der Waals surface area contributed by atoms with Crippen LogP contribution in [0.3, 0.4) is 0 Å². The summed E-state index contributed by atoms with van der Waals surface area (Å²) in [4.78, 5) is 4.28. The van der Waals surface area contributed by atoms with Crippen molar-refractivity contribution in [2.24, 2.45) is 0 Å². The highest BCUT2D eigenvalue weighted by Crippen LogP contribution is 2.28. The Labute approximate surface area is 169 Å². The molecule has 7 nitrogen and oxygen atoms in total. The van der Waals surface area contributed by atoms with E-state index in [1.807, 2.05) is 31.2 Å². The number of aryl methyl sites for hydroxylation is 1. The molecule has 148 valence electrons. The Morgan fingerprint density at radius 2 is 1.86 bits per heavy atom. The third-order valence-electron chi connectivity index (χ3n) is 4.54. The van der Waals surface area contributed by atoms with E-state index in [4.69, 9.17) is 4.74 Å². The molecule has 0 atom stereocenters. The highest BCUT2D eigenvalue weighted by atomic mass is 32.2. The van der Waals surface area contributed by atoms with Gasteiger partial charge in [-0.15, -0.1) is 0 Å². The standard InChI is InChI=1S/C21H20N4O3S/c1-16-13-18-6-3-7-21(25(18)23-16)24(15-17-5-4-12-22-14-17)29(26,27)20-10-8-19(28-2)9-11-20/h3-14H,15H2,1-2H3. The van der Waals surface area contributed by atoms with Gasteiger partial charge in [0.1, 0.15) is 11.6 Å². The van der Waals surface area contributed by atoms with Gasteiger partial charge in [-0.05, 0) is 61.0 Å². The van der Waals surface area contributed by atoms with Crippen molar-refractivity contribution in [1.82, 2.24) is 14.6 Å². The number of hydrogen-bond acceptors (Lipinski definition) is 5. The molecule has 0 unspecified atom stereocenters. The van der Waals surface area contributed by atoms with Crippen molar-refractivity contribution in [1.29, 1.82) is 0 Å². The van der Waals surface area contributed by atoms with E-state index >= 15 is 0 Å². The van der Waals surface area contributed by atoms with E-state index in [-0.39, 0.29) is 11.4 Å². The summed E-state index contributed by atoms with van der Waals surface area (Å²) >= 11 is 0. The Bertz CT molecular complexity index is 1240. The molecule has 8 heteroatoms. The van der Waals surface area contributed by atoms with Gasteiger partial charge < -0.3 is 4.74 Å². The lowest BCUT2D eigenvalue weighted by Crippen LogP contribution is -2.32. The highest BCUT2D eigenvalue weighted by Gasteiger charge is 2.27. The van der Waals surface area contributed by atoms with Gasteiger partial charge in [0, 0.05) is 12.4 Å². The Morgan fingerprint density at radius 3 is 2.55 bits per heavy atom. The molecular formula is C21H20N4O3S. The molecule has 0 aliphatic heterocycles. The van der Waals surface area contributed by atoms with Gasteiger partial charge in [0.15, 0.2) is 0 Å². The zero-order valence-corrected chi connectivity index (χ0v) is 16.9. The summed E-state index contributed by atoms with van der Waals surface area (Å²) in [7, 11) is -2.33. The van der Waals surface area contributed by atoms with E-state index in [1.54, 1.807) is 60.4 Å². The van der Waals surface area contributed by atoms with Gasteiger partial charge in [-0.25, -0.2) is 17.2 Å². The van der Waals surface area contributed by atoms with Crippen molar-refractivity contribution in [2.45, 2.75) is 18.4 Å². The molecule has 0 amide bonds. The molecule has 0 bridgehead atoms. The molecule has 0 aliphatic rings. The van der Waals surface area contributed by atoms with Crippen LogP contribution >= 0.6 is 0 Å². The number of hydrogen-bond donors (Lipinski definition) is 0. The molecule has 29 heavy (non-hydrogen) atoms. The maximum absolute atomic E-state index is 13.6. The van der Waals surface area contributed by atoms with Gasteiger partial charge in [-0.2, -0.15) is 5.10 Å². The summed E-state index contributed by atoms with van der Waals surface area (Å²) < 4.78 is 35.4. The first-order valence-corrected chi connectivity index (χ1v) is 10.4. The average Bonchev–Trinajstić information content (AvgIpc) is 3.13. The van der Waals surface area contributed by atoms with E-state index < -0.39 is 10.0 Å². The first-order valence-electron chi connectivity index (χ1n) is 9.00. The van der Waals surface area contributed by atoms with Crippen LogP contribution < -0.4 is 9.04 Å². The minimum absolute atomic E-state index is 0.125. The lowest BCUT2D eigenvalue weighted by atomic mass is 10.3. The quantitative estimate of drug-likeness (QED) is 0.488. The van der Waals surface area contributed by atoms with E-state index in [9.17, 15) is 8.42 Å². The summed E-state index contributed by atoms with van der Waals surface area (Å²) in [6.07, 6.45) is 3.31. The van der Waals surface area contributed by atoms with Crippen LogP contribution in [0, 0.1) is 6.92 Å². The Balaban J connectivity index is 1.87. The van der Waals surface area contributed by atoms with Crippen LogP contribution in [-0.2, 0) is 16.6 Å². The molecule has 0 spiro atoms. The maximum Gasteiger partial charge on any atom is 0.265 e. The third-order valence-corrected chi connectivity index (χ3v) is 6.30. The number of fused-ring (bicyclic) bond motifs is 1. The predicted molar refractivity (Wildman–Crippen MR) is 111 cm³/mol. The van der Waals surface area contributed by atoms with E-state index in [1.165, 1.54) is 4.31 Å². The molecule has 0 radical (unpaired) electrons. The fourth-order valence-electron chi connectivity index (χ4n) is 3.14. The molecule has 0 saturated heterocycles. The molecule has 3 heterocycles. The lowest BCUT2D eigenvalue weighted by Gasteiger charge is -2.25. The van der Waals surface area contributed by atoms with Crippen LogP contribution in [0.4, 0.5) is 5.82 Å². The van der Waals surface area contributed by atoms with Crippen LogP contribution in [0.25, 0.3) is 5.52 Å². The topological polar surface area (TPSA) is 76.8 Å². The van der Waals surface area contributed by atoms with E-state index in [0.29, 0.717) is 11.6 Å². The smallest absolute Gasteiger partial charge is 0.265 e. The van der Waals surface area contributed by atoms with Crippen molar-refractivity contribution in [2.75, 3.05) is 11.4 Å². The fourth-order valence-corrected chi connectivity index (χ4v) is 4.57. The average molecular weight is 408 g/mol. The number of rotatable bonds is 6. The number of aromatic nitrogens is 3. The van der Waals surface area contributed by atoms with Gasteiger partial charge in [0.25, 0.3) is 10.0 Å². The largest absolute Gasteiger partial charge is 0.497 e. The first kappa shape index (κ1) is 18.9. The number of nitrogens with zero attached hydrogens (tertiary/aromatic N) is 4. The molecule has 4 rings (SSSR count). The molecule has 0 aliphatic carbocycles. The molecule has 0 fully saturated rings. The number of ether oxygens (including phenoxy) is 1. The predicted octanol–water partition coefficient (Wildman–Crippen LogP) is 3.44. The van der Waals surface area contributed by atoms with Crippen molar-refractivity contribution in [3.8, 4) is 5.75 Å². The molecule has 0 saturated carbocycles. The molecule has 4 aromatic rings. The van der Waals surface area contributed by atoms with Gasteiger partial charge in [0.2, 0.25) is 0 Å². The second-order valence-corrected chi connectivity index (χ2v) is 8.42. The van der Waals surface area contributed by atoms with Crippen molar-refractivity contribution >= 4 is 21.4 Å². The minimum atomic E-state index is -3.87. The third kappa shape index (κ3) is 3.66. The van der Waals surface area contributed by atoms with Crippen LogP contribution in [-0.4, -0.2) is 30.1 Å². The number of methoxy groups -OCH3 is 1. The summed E-state index contributed by atoms with van der Waals surface area (Å²) in [5.41, 5.74) is 2.40. The van der Waals surface area contributed by atoms with Gasteiger partial charge in [-0.1, -0.05) is 12.1 Å². The Hall–Kier alpha value is -3.39. The summed E-state index contributed by atoms with van der Waals surface area (Å²) in [6, 6.07) is 17.4. The van der Waals surface area contributed by atoms with Crippen LogP contribution in [0.5, 0.6) is 5.75 Å². The normalized spacial score (nSPS) is 11.5. The van der Waals surface area contributed by atoms with Crippen molar-refractivity contribution in [3.05, 3.63) is 84.3 Å². The van der Waals surface area contributed by atoms with Gasteiger partial charge >= 0.3 is 0 Å². The van der Waals surface area contributed by atoms with Crippen molar-refractivity contribution in [3.63, 3.8) is 0 Å². The first-order chi connectivity index (χ1) is 14.0. The second kappa shape index (κ2) is 7.56. The summed E-state index contributed by atoms with van der Waals surface area (Å²) in [5.74, 6) is 1.04. The minimum Gasteiger partial charge on any atom is -0.497 e. The summed E-state index contributed by atoms with van der Waals surface area (Å²) in [6.45, 7) is 2.00. The van der Waals surface area contributed by atoms with E-state index in [2.05, 4.69) is 10.1 Å². The van der Waals surface area contributed by atoms with Crippen molar-refractivity contribution < 1.29 is 13.2 Å². The van der Waals surface area contributed by atoms with Gasteiger partial charge in [0.05, 0.1) is 29.8 Å². The highest BCUT2D eigenvalue weighted by molar-refractivity contribution is 7.92. The Morgan fingerprint density at radius 1 is 1.07 bits per heavy atom. The zero-order chi connectivity index (χ0) is 20.4. The number of anilines is 1.